The monoisotopic (exact) mass is 502 g/mol. The Morgan fingerprint density at radius 2 is 1.55 bits per heavy atom. The Morgan fingerprint density at radius 1 is 0.935 bits per heavy atom. The summed E-state index contributed by atoms with van der Waals surface area (Å²) in [5, 5.41) is 0. The van der Waals surface area contributed by atoms with Crippen molar-refractivity contribution in [1.29, 1.82) is 0 Å². The van der Waals surface area contributed by atoms with Crippen LogP contribution in [-0.2, 0) is 50.3 Å². The Bertz CT molecular complexity index is 904. The minimum absolute atomic E-state index is 0. The van der Waals surface area contributed by atoms with Gasteiger partial charge >= 0.3 is 0 Å². The first kappa shape index (κ1) is 25.6. The number of carbonyl (C=O) groups excluding carboxylic acids is 1. The van der Waals surface area contributed by atoms with E-state index >= 15 is 0 Å². The first-order valence-corrected chi connectivity index (χ1v) is 10.1. The summed E-state index contributed by atoms with van der Waals surface area (Å²) < 4.78 is 22.8. The van der Waals surface area contributed by atoms with Crippen LogP contribution in [0.25, 0.3) is 0 Å². The first-order chi connectivity index (χ1) is 14.5. The van der Waals surface area contributed by atoms with Crippen LogP contribution < -0.4 is 18.9 Å². The maximum atomic E-state index is 11.0. The van der Waals surface area contributed by atoms with E-state index in [2.05, 4.69) is 31.5 Å². The summed E-state index contributed by atoms with van der Waals surface area (Å²) in [6.07, 6.45) is 4.22. The third-order valence-corrected chi connectivity index (χ3v) is 6.25. The maximum absolute atomic E-state index is 11.0. The number of likely N-dealkylation sites (N-methyl/N-ethyl adjacent to an activating group) is 1. The second-order valence-electron chi connectivity index (χ2n) is 7.89. The van der Waals surface area contributed by atoms with Crippen molar-refractivity contribution in [1.82, 2.24) is 0 Å². The molecule has 0 aromatic heterocycles. The van der Waals surface area contributed by atoms with E-state index in [0.29, 0.717) is 17.9 Å². The largest absolute Gasteiger partial charge is 0.542 e. The Hall–Kier alpha value is -1.63. The zero-order valence-electron chi connectivity index (χ0n) is 19.1. The summed E-state index contributed by atoms with van der Waals surface area (Å²) >= 11 is 0. The average molecular weight is 502 g/mol. The van der Waals surface area contributed by atoms with E-state index in [0.717, 1.165) is 47.5 Å². The fourth-order valence-corrected chi connectivity index (χ4v) is 4.46. The molecular formula is C24H31NO5Y. The molecule has 6 nitrogen and oxygen atoms in total. The van der Waals surface area contributed by atoms with Crippen LogP contribution in [0.5, 0.6) is 23.0 Å². The van der Waals surface area contributed by atoms with Crippen molar-refractivity contribution in [3.8, 4) is 23.0 Å². The van der Waals surface area contributed by atoms with Gasteiger partial charge in [-0.05, 0) is 35.4 Å². The summed E-state index contributed by atoms with van der Waals surface area (Å²) in [6.45, 7) is 1.69. The molecule has 1 aliphatic heterocycles. The Balaban J connectivity index is 0.00000341. The molecule has 0 saturated heterocycles. The number of ether oxygens (including phenoxy) is 4. The van der Waals surface area contributed by atoms with Gasteiger partial charge in [0.15, 0.2) is 23.0 Å². The van der Waals surface area contributed by atoms with E-state index in [4.69, 9.17) is 18.9 Å². The number of benzene rings is 2. The van der Waals surface area contributed by atoms with Crippen molar-refractivity contribution in [2.24, 2.45) is 0 Å². The van der Waals surface area contributed by atoms with Gasteiger partial charge in [0.1, 0.15) is 6.04 Å². The number of hydrogen-bond donors (Lipinski definition) is 0. The first-order valence-electron chi connectivity index (χ1n) is 10.1. The molecule has 0 aliphatic carbocycles. The predicted octanol–water partition coefficient (Wildman–Crippen LogP) is 3.50. The molecule has 0 amide bonds. The standard InChI is InChI=1S/C24H31NO5.Y/c1-25(10-6-12-26)11-9-18-15-23(29-4)24(30-5)16-19(18)20(25)13-17-7-8-21(27-2)22(14-17)28-3;/h7-8,14-16,20H,6,9-11,13H2,1-5H3;/t20?,25-;/m0./s1. The maximum Gasteiger partial charge on any atom is 0.161 e. The molecule has 0 N–H and O–H groups in total. The second kappa shape index (κ2) is 11.3. The predicted molar refractivity (Wildman–Crippen MR) is 115 cm³/mol. The van der Waals surface area contributed by atoms with Gasteiger partial charge in [0, 0.05) is 51.1 Å². The Labute approximate surface area is 210 Å². The molecule has 2 aromatic carbocycles. The van der Waals surface area contributed by atoms with Crippen LogP contribution in [0.2, 0.25) is 0 Å². The SMILES string of the molecule is COc1ccc(CC2c3cc(OC)c(OC)cc3CC[N@+]2(C)CC[C-]=O)cc1OC.[Y]. The van der Waals surface area contributed by atoms with E-state index in [1.807, 2.05) is 12.1 Å². The van der Waals surface area contributed by atoms with E-state index in [1.165, 1.54) is 11.1 Å². The molecule has 2 atom stereocenters. The number of rotatable bonds is 9. The van der Waals surface area contributed by atoms with E-state index < -0.39 is 0 Å². The van der Waals surface area contributed by atoms with E-state index in [9.17, 15) is 4.79 Å². The minimum atomic E-state index is 0. The number of methoxy groups -OCH3 is 4. The topological polar surface area (TPSA) is 54.0 Å². The van der Waals surface area contributed by atoms with Crippen LogP contribution in [-0.4, -0.2) is 59.3 Å². The number of quaternary nitrogens is 1. The van der Waals surface area contributed by atoms with Crippen LogP contribution in [0.3, 0.4) is 0 Å². The molecule has 0 spiro atoms. The van der Waals surface area contributed by atoms with E-state index in [-0.39, 0.29) is 38.8 Å². The summed E-state index contributed by atoms with van der Waals surface area (Å²) in [7, 11) is 8.83. The molecule has 1 radical (unpaired) electrons. The molecule has 165 valence electrons. The summed E-state index contributed by atoms with van der Waals surface area (Å²) in [5.74, 6) is 2.90. The van der Waals surface area contributed by atoms with Crippen LogP contribution >= 0.6 is 0 Å². The van der Waals surface area contributed by atoms with Gasteiger partial charge < -0.3 is 28.2 Å². The van der Waals surface area contributed by atoms with Crippen molar-refractivity contribution < 1.29 is 60.9 Å². The van der Waals surface area contributed by atoms with Crippen molar-refractivity contribution in [3.63, 3.8) is 0 Å². The minimum Gasteiger partial charge on any atom is -0.542 e. The van der Waals surface area contributed by atoms with Crippen molar-refractivity contribution in [2.45, 2.75) is 25.3 Å². The Morgan fingerprint density at radius 3 is 2.16 bits per heavy atom. The number of hydrogen-bond acceptors (Lipinski definition) is 5. The summed E-state index contributed by atoms with van der Waals surface area (Å²) in [5.41, 5.74) is 3.66. The van der Waals surface area contributed by atoms with Crippen LogP contribution in [0.4, 0.5) is 0 Å². The van der Waals surface area contributed by atoms with Crippen molar-refractivity contribution in [2.75, 3.05) is 48.6 Å². The van der Waals surface area contributed by atoms with Crippen LogP contribution in [0, 0.1) is 0 Å². The average Bonchev–Trinajstić information content (AvgIpc) is 2.78. The van der Waals surface area contributed by atoms with Gasteiger partial charge in [0.2, 0.25) is 0 Å². The van der Waals surface area contributed by atoms with Crippen LogP contribution in [0.1, 0.15) is 29.2 Å². The molecule has 3 rings (SSSR count). The van der Waals surface area contributed by atoms with Gasteiger partial charge in [0.05, 0.1) is 48.6 Å². The molecule has 1 aliphatic rings. The molecule has 31 heavy (non-hydrogen) atoms. The molecular weight excluding hydrogens is 471 g/mol. The van der Waals surface area contributed by atoms with Crippen LogP contribution in [0.15, 0.2) is 30.3 Å². The fraction of sp³-hybridized carbons (Fsp3) is 0.458. The quantitative estimate of drug-likeness (QED) is 0.388. The molecule has 1 unspecified atom stereocenters. The van der Waals surface area contributed by atoms with Gasteiger partial charge in [-0.15, -0.1) is 6.42 Å². The summed E-state index contributed by atoms with van der Waals surface area (Å²) in [6, 6.07) is 10.4. The smallest absolute Gasteiger partial charge is 0.161 e. The fourth-order valence-electron chi connectivity index (χ4n) is 4.46. The van der Waals surface area contributed by atoms with Gasteiger partial charge in [-0.2, -0.15) is 0 Å². The third-order valence-electron chi connectivity index (χ3n) is 6.25. The van der Waals surface area contributed by atoms with Gasteiger partial charge in [-0.1, -0.05) is 6.07 Å². The molecule has 7 heteroatoms. The second-order valence-corrected chi connectivity index (χ2v) is 7.89. The third kappa shape index (κ3) is 5.41. The zero-order chi connectivity index (χ0) is 21.7. The normalized spacial score (nSPS) is 19.6. The van der Waals surface area contributed by atoms with Crippen molar-refractivity contribution >= 4 is 6.29 Å². The van der Waals surface area contributed by atoms with Gasteiger partial charge in [-0.25, -0.2) is 0 Å². The molecule has 0 saturated carbocycles. The van der Waals surface area contributed by atoms with Gasteiger partial charge in [0.25, 0.3) is 0 Å². The number of nitrogens with zero attached hydrogens (tertiary/aromatic N) is 1. The van der Waals surface area contributed by atoms with Gasteiger partial charge in [-0.3, -0.25) is 6.29 Å². The molecule has 2 aromatic rings. The number of fused-ring (bicyclic) bond motifs is 1. The molecule has 0 bridgehead atoms. The molecule has 1 heterocycles. The molecule has 0 fully saturated rings. The van der Waals surface area contributed by atoms with E-state index in [1.54, 1.807) is 28.4 Å². The zero-order valence-corrected chi connectivity index (χ0v) is 21.9. The van der Waals surface area contributed by atoms with Crippen molar-refractivity contribution in [3.05, 3.63) is 47.0 Å². The summed E-state index contributed by atoms with van der Waals surface area (Å²) in [4.78, 5) is 11.0. The Kier molecular flexibility index (Phi) is 9.34.